The molecule has 1 atom stereocenters. The van der Waals surface area contributed by atoms with E-state index in [0.29, 0.717) is 16.5 Å². The lowest BCUT2D eigenvalue weighted by Crippen LogP contribution is -2.30. The Balaban J connectivity index is 2.40. The number of hydrogen-bond donors (Lipinski definition) is 1. The lowest BCUT2D eigenvalue weighted by Gasteiger charge is -2.20. The van der Waals surface area contributed by atoms with Gasteiger partial charge in [0.2, 0.25) is 0 Å². The topological polar surface area (TPSA) is 59.2 Å². The van der Waals surface area contributed by atoms with Crippen LogP contribution in [0, 0.1) is 19.8 Å². The van der Waals surface area contributed by atoms with Crippen molar-refractivity contribution in [2.45, 2.75) is 34.1 Å². The van der Waals surface area contributed by atoms with Gasteiger partial charge in [-0.05, 0) is 25.8 Å². The molecule has 0 saturated carbocycles. The SMILES string of the molecule is CCC(C)CN(C)C(=O)c1sc2cc(C)nc(C)c2c1N. The second-order valence-electron chi connectivity index (χ2n) is 5.77. The molecule has 0 aromatic carbocycles. The van der Waals surface area contributed by atoms with Crippen LogP contribution < -0.4 is 5.73 Å². The minimum absolute atomic E-state index is 0.00560. The summed E-state index contributed by atoms with van der Waals surface area (Å²) in [6.45, 7) is 8.93. The molecule has 0 fully saturated rings. The molecular formula is C16H23N3OS. The third-order valence-electron chi connectivity index (χ3n) is 3.84. The van der Waals surface area contributed by atoms with Crippen molar-refractivity contribution in [1.82, 2.24) is 9.88 Å². The third kappa shape index (κ3) is 3.02. The first-order valence-electron chi connectivity index (χ1n) is 7.26. The molecule has 1 amide bonds. The van der Waals surface area contributed by atoms with Gasteiger partial charge in [-0.1, -0.05) is 20.3 Å². The molecule has 21 heavy (non-hydrogen) atoms. The summed E-state index contributed by atoms with van der Waals surface area (Å²) >= 11 is 1.47. The molecule has 1 unspecified atom stereocenters. The maximum atomic E-state index is 12.6. The Kier molecular flexibility index (Phi) is 4.52. The van der Waals surface area contributed by atoms with Gasteiger partial charge >= 0.3 is 0 Å². The van der Waals surface area contributed by atoms with Crippen molar-refractivity contribution in [2.24, 2.45) is 5.92 Å². The van der Waals surface area contributed by atoms with E-state index in [0.717, 1.165) is 34.4 Å². The quantitative estimate of drug-likeness (QED) is 0.938. The van der Waals surface area contributed by atoms with E-state index in [1.165, 1.54) is 11.3 Å². The van der Waals surface area contributed by atoms with Crippen molar-refractivity contribution in [2.75, 3.05) is 19.3 Å². The molecule has 0 spiro atoms. The average Bonchev–Trinajstić information content (AvgIpc) is 2.74. The molecule has 0 aliphatic carbocycles. The van der Waals surface area contributed by atoms with E-state index in [-0.39, 0.29) is 5.91 Å². The molecule has 4 nitrogen and oxygen atoms in total. The lowest BCUT2D eigenvalue weighted by atomic mass is 10.1. The molecule has 0 bridgehead atoms. The second-order valence-corrected chi connectivity index (χ2v) is 6.82. The van der Waals surface area contributed by atoms with E-state index in [1.54, 1.807) is 4.90 Å². The van der Waals surface area contributed by atoms with Gasteiger partial charge in [-0.2, -0.15) is 0 Å². The number of aryl methyl sites for hydroxylation is 2. The minimum Gasteiger partial charge on any atom is -0.397 e. The number of hydrogen-bond acceptors (Lipinski definition) is 4. The van der Waals surface area contributed by atoms with Crippen molar-refractivity contribution in [3.8, 4) is 0 Å². The number of amides is 1. The summed E-state index contributed by atoms with van der Waals surface area (Å²) in [6.07, 6.45) is 1.06. The highest BCUT2D eigenvalue weighted by Crippen LogP contribution is 2.36. The van der Waals surface area contributed by atoms with Crippen LogP contribution >= 0.6 is 11.3 Å². The molecule has 0 radical (unpaired) electrons. The van der Waals surface area contributed by atoms with Crippen LogP contribution in [0.2, 0.25) is 0 Å². The highest BCUT2D eigenvalue weighted by atomic mass is 32.1. The number of anilines is 1. The number of nitrogens with two attached hydrogens (primary N) is 1. The summed E-state index contributed by atoms with van der Waals surface area (Å²) in [7, 11) is 1.84. The van der Waals surface area contributed by atoms with Gasteiger partial charge in [0, 0.05) is 35.1 Å². The number of carbonyl (C=O) groups excluding carboxylic acids is 1. The summed E-state index contributed by atoms with van der Waals surface area (Å²) < 4.78 is 1.04. The fourth-order valence-corrected chi connectivity index (χ4v) is 3.76. The molecule has 2 aromatic rings. The Morgan fingerprint density at radius 2 is 2.14 bits per heavy atom. The van der Waals surface area contributed by atoms with Gasteiger partial charge < -0.3 is 10.6 Å². The number of fused-ring (bicyclic) bond motifs is 1. The summed E-state index contributed by atoms with van der Waals surface area (Å²) in [6, 6.07) is 1.99. The van der Waals surface area contributed by atoms with E-state index in [1.807, 2.05) is 27.0 Å². The number of thiophene rings is 1. The number of carbonyl (C=O) groups is 1. The van der Waals surface area contributed by atoms with Gasteiger partial charge in [0.1, 0.15) is 4.88 Å². The Bertz CT molecular complexity index is 678. The van der Waals surface area contributed by atoms with Gasteiger partial charge in [-0.3, -0.25) is 9.78 Å². The van der Waals surface area contributed by atoms with E-state index in [4.69, 9.17) is 5.73 Å². The van der Waals surface area contributed by atoms with E-state index < -0.39 is 0 Å². The maximum absolute atomic E-state index is 12.6. The Morgan fingerprint density at radius 3 is 2.76 bits per heavy atom. The highest BCUT2D eigenvalue weighted by Gasteiger charge is 2.22. The zero-order valence-electron chi connectivity index (χ0n) is 13.4. The Morgan fingerprint density at radius 1 is 1.48 bits per heavy atom. The van der Waals surface area contributed by atoms with Gasteiger partial charge in [0.25, 0.3) is 5.91 Å². The zero-order chi connectivity index (χ0) is 15.7. The maximum Gasteiger partial charge on any atom is 0.265 e. The molecule has 2 rings (SSSR count). The smallest absolute Gasteiger partial charge is 0.265 e. The Hall–Kier alpha value is -1.62. The number of nitrogen functional groups attached to an aromatic ring is 1. The predicted molar refractivity (Wildman–Crippen MR) is 89.9 cm³/mol. The number of nitrogens with zero attached hydrogens (tertiary/aromatic N) is 2. The lowest BCUT2D eigenvalue weighted by molar-refractivity contribution is 0.0780. The van der Waals surface area contributed by atoms with Crippen LogP contribution in [0.25, 0.3) is 10.1 Å². The van der Waals surface area contributed by atoms with Crippen LogP contribution in [0.3, 0.4) is 0 Å². The highest BCUT2D eigenvalue weighted by molar-refractivity contribution is 7.21. The molecule has 0 saturated heterocycles. The molecule has 0 aliphatic rings. The van der Waals surface area contributed by atoms with Crippen molar-refractivity contribution < 1.29 is 4.79 Å². The summed E-state index contributed by atoms with van der Waals surface area (Å²) in [5.41, 5.74) is 8.63. The largest absolute Gasteiger partial charge is 0.397 e. The number of rotatable bonds is 4. The van der Waals surface area contributed by atoms with Crippen molar-refractivity contribution in [3.05, 3.63) is 22.3 Å². The molecular weight excluding hydrogens is 282 g/mol. The van der Waals surface area contributed by atoms with Crippen molar-refractivity contribution in [3.63, 3.8) is 0 Å². The van der Waals surface area contributed by atoms with E-state index >= 15 is 0 Å². The van der Waals surface area contributed by atoms with Gasteiger partial charge in [-0.25, -0.2) is 0 Å². The standard InChI is InChI=1S/C16H23N3OS/c1-6-9(2)8-19(5)16(20)15-14(17)13-11(4)18-10(3)7-12(13)21-15/h7,9H,6,8,17H2,1-5H3. The fraction of sp³-hybridized carbons (Fsp3) is 0.500. The molecule has 2 heterocycles. The predicted octanol–water partition coefficient (Wildman–Crippen LogP) is 3.61. The van der Waals surface area contributed by atoms with E-state index in [2.05, 4.69) is 18.8 Å². The Labute approximate surface area is 130 Å². The first-order chi connectivity index (χ1) is 9.85. The van der Waals surface area contributed by atoms with Gasteiger partial charge in [-0.15, -0.1) is 11.3 Å². The molecule has 0 aliphatic heterocycles. The molecule has 5 heteroatoms. The summed E-state index contributed by atoms with van der Waals surface area (Å²) in [5, 5.41) is 0.922. The average molecular weight is 305 g/mol. The van der Waals surface area contributed by atoms with Crippen LogP contribution in [-0.2, 0) is 0 Å². The zero-order valence-corrected chi connectivity index (χ0v) is 14.2. The second kappa shape index (κ2) is 6.02. The van der Waals surface area contributed by atoms with Crippen LogP contribution in [0.1, 0.15) is 41.3 Å². The van der Waals surface area contributed by atoms with Crippen LogP contribution in [0.15, 0.2) is 6.07 Å². The first-order valence-corrected chi connectivity index (χ1v) is 8.08. The summed E-state index contributed by atoms with van der Waals surface area (Å²) in [4.78, 5) is 19.5. The van der Waals surface area contributed by atoms with Crippen molar-refractivity contribution in [1.29, 1.82) is 0 Å². The molecule has 2 aromatic heterocycles. The van der Waals surface area contributed by atoms with Crippen LogP contribution in [0.5, 0.6) is 0 Å². The van der Waals surface area contributed by atoms with Crippen LogP contribution in [0.4, 0.5) is 5.69 Å². The third-order valence-corrected chi connectivity index (χ3v) is 4.98. The van der Waals surface area contributed by atoms with Gasteiger partial charge in [0.15, 0.2) is 0 Å². The van der Waals surface area contributed by atoms with Crippen LogP contribution in [-0.4, -0.2) is 29.4 Å². The number of pyridine rings is 1. The molecule has 114 valence electrons. The first kappa shape index (κ1) is 15.8. The normalized spacial score (nSPS) is 12.6. The fourth-order valence-electron chi connectivity index (χ4n) is 2.49. The molecule has 2 N–H and O–H groups in total. The number of aromatic nitrogens is 1. The minimum atomic E-state index is 0.00560. The van der Waals surface area contributed by atoms with Gasteiger partial charge in [0.05, 0.1) is 5.69 Å². The van der Waals surface area contributed by atoms with Crippen molar-refractivity contribution >= 4 is 33.0 Å². The monoisotopic (exact) mass is 305 g/mol. The summed E-state index contributed by atoms with van der Waals surface area (Å²) in [5.74, 6) is 0.492. The van der Waals surface area contributed by atoms with E-state index in [9.17, 15) is 4.79 Å².